The monoisotopic (exact) mass is 516 g/mol. The average molecular weight is 517 g/mol. The van der Waals surface area contributed by atoms with Gasteiger partial charge >= 0.3 is 0 Å². The number of ether oxygens (including phenoxy) is 3. The molecule has 1 saturated heterocycles. The summed E-state index contributed by atoms with van der Waals surface area (Å²) in [6.07, 6.45) is 3.97. The molecule has 0 radical (unpaired) electrons. The lowest BCUT2D eigenvalue weighted by atomic mass is 9.89. The number of hydrogen-bond acceptors (Lipinski definition) is 6. The number of carbonyl (C=O) groups excluding carboxylic acids is 1. The Morgan fingerprint density at radius 3 is 2.53 bits per heavy atom. The van der Waals surface area contributed by atoms with Crippen LogP contribution in [0, 0.1) is 0 Å². The molecule has 0 aliphatic carbocycles. The van der Waals surface area contributed by atoms with Gasteiger partial charge in [0.25, 0.3) is 0 Å². The Kier molecular flexibility index (Phi) is 7.80. The molecule has 4 rings (SSSR count). The van der Waals surface area contributed by atoms with Crippen LogP contribution in [0.3, 0.4) is 0 Å². The molecule has 0 spiro atoms. The van der Waals surface area contributed by atoms with Crippen molar-refractivity contribution in [3.05, 3.63) is 47.5 Å². The van der Waals surface area contributed by atoms with E-state index in [1.807, 2.05) is 32.0 Å². The summed E-state index contributed by atoms with van der Waals surface area (Å²) >= 11 is 0. The maximum atomic E-state index is 13.2. The van der Waals surface area contributed by atoms with Gasteiger partial charge in [0.05, 0.1) is 25.2 Å². The summed E-state index contributed by atoms with van der Waals surface area (Å²) in [5, 5.41) is 3.14. The van der Waals surface area contributed by atoms with Crippen LogP contribution in [0.2, 0.25) is 0 Å². The minimum absolute atomic E-state index is 0.127. The molecule has 2 aromatic carbocycles. The van der Waals surface area contributed by atoms with Crippen molar-refractivity contribution in [1.82, 2.24) is 9.62 Å². The van der Waals surface area contributed by atoms with Crippen LogP contribution >= 0.6 is 0 Å². The van der Waals surface area contributed by atoms with Gasteiger partial charge in [0, 0.05) is 31.5 Å². The Hall–Kier alpha value is -2.78. The zero-order valence-electron chi connectivity index (χ0n) is 21.5. The van der Waals surface area contributed by atoms with Crippen molar-refractivity contribution in [2.24, 2.45) is 0 Å². The number of fused-ring (bicyclic) bond motifs is 1. The van der Waals surface area contributed by atoms with E-state index in [1.165, 1.54) is 0 Å². The van der Waals surface area contributed by atoms with Crippen molar-refractivity contribution < 1.29 is 27.4 Å². The van der Waals surface area contributed by atoms with Gasteiger partial charge in [-0.3, -0.25) is 4.79 Å². The Labute approximate surface area is 214 Å². The highest BCUT2D eigenvalue weighted by Gasteiger charge is 2.35. The molecule has 1 amide bonds. The maximum Gasteiger partial charge on any atom is 0.243 e. The molecular weight excluding hydrogens is 480 g/mol. The lowest BCUT2D eigenvalue weighted by Crippen LogP contribution is -2.41. The van der Waals surface area contributed by atoms with Gasteiger partial charge in [-0.25, -0.2) is 8.42 Å². The minimum Gasteiger partial charge on any atom is -0.497 e. The lowest BCUT2D eigenvalue weighted by Gasteiger charge is -2.38. The number of rotatable bonds is 8. The quantitative estimate of drug-likeness (QED) is 0.564. The highest BCUT2D eigenvalue weighted by molar-refractivity contribution is 7.89. The number of carbonyl (C=O) groups is 1. The van der Waals surface area contributed by atoms with Crippen molar-refractivity contribution >= 4 is 15.9 Å². The summed E-state index contributed by atoms with van der Waals surface area (Å²) in [7, 11) is -0.418. The number of sulfonamides is 1. The number of methoxy groups -OCH3 is 2. The van der Waals surface area contributed by atoms with E-state index >= 15 is 0 Å². The molecule has 2 aliphatic heterocycles. The van der Waals surface area contributed by atoms with Gasteiger partial charge in [0.15, 0.2) is 0 Å². The van der Waals surface area contributed by atoms with Crippen molar-refractivity contribution in [2.45, 2.75) is 68.9 Å². The number of hydrogen-bond donors (Lipinski definition) is 1. The van der Waals surface area contributed by atoms with Gasteiger partial charge < -0.3 is 19.5 Å². The second-order valence-corrected chi connectivity index (χ2v) is 12.0. The first kappa shape index (κ1) is 26.3. The highest BCUT2D eigenvalue weighted by atomic mass is 32.2. The third-order valence-corrected chi connectivity index (χ3v) is 8.73. The summed E-state index contributed by atoms with van der Waals surface area (Å²) in [5.74, 6) is 1.88. The number of piperidine rings is 1. The molecule has 36 heavy (non-hydrogen) atoms. The molecular formula is C27H36N2O6S. The van der Waals surface area contributed by atoms with E-state index in [0.29, 0.717) is 43.0 Å². The fourth-order valence-electron chi connectivity index (χ4n) is 4.97. The van der Waals surface area contributed by atoms with Crippen molar-refractivity contribution in [1.29, 1.82) is 0 Å². The van der Waals surface area contributed by atoms with Gasteiger partial charge in [0.2, 0.25) is 15.9 Å². The van der Waals surface area contributed by atoms with E-state index in [-0.39, 0.29) is 23.3 Å². The highest BCUT2D eigenvalue weighted by Crippen LogP contribution is 2.41. The third-order valence-electron chi connectivity index (χ3n) is 6.84. The van der Waals surface area contributed by atoms with Crippen molar-refractivity contribution in [3.63, 3.8) is 0 Å². The first-order valence-corrected chi connectivity index (χ1v) is 13.9. The second kappa shape index (κ2) is 10.7. The molecule has 1 fully saturated rings. The predicted molar refractivity (Wildman–Crippen MR) is 137 cm³/mol. The molecule has 1 atom stereocenters. The molecule has 2 aromatic rings. The van der Waals surface area contributed by atoms with Gasteiger partial charge in [0.1, 0.15) is 22.8 Å². The molecule has 2 heterocycles. The zero-order valence-corrected chi connectivity index (χ0v) is 22.3. The molecule has 0 unspecified atom stereocenters. The van der Waals surface area contributed by atoms with Crippen LogP contribution in [0.1, 0.15) is 63.1 Å². The van der Waals surface area contributed by atoms with Crippen LogP contribution in [0.25, 0.3) is 0 Å². The first-order chi connectivity index (χ1) is 17.1. The molecule has 0 saturated carbocycles. The summed E-state index contributed by atoms with van der Waals surface area (Å²) in [5.41, 5.74) is 1.15. The predicted octanol–water partition coefficient (Wildman–Crippen LogP) is 4.23. The molecule has 1 N–H and O–H groups in total. The number of aryl methyl sites for hydroxylation is 1. The molecule has 196 valence electrons. The van der Waals surface area contributed by atoms with Crippen LogP contribution in [0.4, 0.5) is 0 Å². The fraction of sp³-hybridized carbons (Fsp3) is 0.519. The van der Waals surface area contributed by atoms with Gasteiger partial charge in [-0.1, -0.05) is 6.42 Å². The van der Waals surface area contributed by atoms with Crippen LogP contribution in [-0.4, -0.2) is 51.5 Å². The van der Waals surface area contributed by atoms with Crippen LogP contribution in [0.5, 0.6) is 17.2 Å². The number of nitrogens with zero attached hydrogens (tertiary/aromatic N) is 1. The van der Waals surface area contributed by atoms with Crippen LogP contribution < -0.4 is 19.5 Å². The summed E-state index contributed by atoms with van der Waals surface area (Å²) in [6.45, 7) is 5.08. The van der Waals surface area contributed by atoms with Crippen molar-refractivity contribution in [2.75, 3.05) is 27.3 Å². The van der Waals surface area contributed by atoms with Gasteiger partial charge in [-0.2, -0.15) is 4.31 Å². The van der Waals surface area contributed by atoms with E-state index in [9.17, 15) is 13.2 Å². The van der Waals surface area contributed by atoms with Crippen molar-refractivity contribution in [3.8, 4) is 17.2 Å². The van der Waals surface area contributed by atoms with E-state index in [4.69, 9.17) is 14.2 Å². The van der Waals surface area contributed by atoms with Crippen LogP contribution in [-0.2, 0) is 21.2 Å². The lowest BCUT2D eigenvalue weighted by molar-refractivity contribution is -0.122. The van der Waals surface area contributed by atoms with E-state index in [0.717, 1.165) is 30.6 Å². The Bertz CT molecular complexity index is 1200. The number of nitrogens with one attached hydrogen (secondary N) is 1. The Balaban J connectivity index is 1.49. The SMILES string of the molecule is COc1ccc2c(c1)[C@@H](NC(=O)CCc1cc(S(=O)(=O)N3CCCCC3)ccc1OC)CC(C)(C)O2. The Morgan fingerprint density at radius 1 is 1.08 bits per heavy atom. The standard InChI is InChI=1S/C27H36N2O6S/c1-27(2)18-23(22-17-20(33-3)9-11-25(22)35-27)28-26(30)13-8-19-16-21(10-12-24(19)34-4)36(31,32)29-14-6-5-7-15-29/h9-12,16-17,23H,5-8,13-15,18H2,1-4H3,(H,28,30)/t23-/m0/s1. The summed E-state index contributed by atoms with van der Waals surface area (Å²) < 4.78 is 44.8. The van der Waals surface area contributed by atoms with E-state index in [2.05, 4.69) is 5.32 Å². The van der Waals surface area contributed by atoms with E-state index in [1.54, 1.807) is 36.7 Å². The largest absolute Gasteiger partial charge is 0.497 e. The minimum atomic E-state index is -3.57. The zero-order chi connectivity index (χ0) is 25.9. The smallest absolute Gasteiger partial charge is 0.243 e. The average Bonchev–Trinajstić information content (AvgIpc) is 2.87. The van der Waals surface area contributed by atoms with Crippen LogP contribution in [0.15, 0.2) is 41.3 Å². The second-order valence-electron chi connectivity index (χ2n) is 10.0. The molecule has 0 bridgehead atoms. The summed E-state index contributed by atoms with van der Waals surface area (Å²) in [6, 6.07) is 10.3. The first-order valence-electron chi connectivity index (χ1n) is 12.5. The molecule has 2 aliphatic rings. The molecule has 9 heteroatoms. The number of benzene rings is 2. The van der Waals surface area contributed by atoms with Gasteiger partial charge in [-0.05, 0) is 75.1 Å². The third kappa shape index (κ3) is 5.78. The fourth-order valence-corrected chi connectivity index (χ4v) is 6.54. The molecule has 8 nitrogen and oxygen atoms in total. The Morgan fingerprint density at radius 2 is 1.83 bits per heavy atom. The van der Waals surface area contributed by atoms with Gasteiger partial charge in [-0.15, -0.1) is 0 Å². The normalized spacial score (nSPS) is 19.6. The number of amides is 1. The van der Waals surface area contributed by atoms with E-state index < -0.39 is 15.6 Å². The topological polar surface area (TPSA) is 94.2 Å². The summed E-state index contributed by atoms with van der Waals surface area (Å²) in [4.78, 5) is 13.3. The maximum absolute atomic E-state index is 13.2. The molecule has 0 aromatic heterocycles.